The van der Waals surface area contributed by atoms with Crippen LogP contribution in [0.2, 0.25) is 0 Å². The number of nitrogens with zero attached hydrogens (tertiary/aromatic N) is 1. The molecule has 0 aliphatic carbocycles. The smallest absolute Gasteiger partial charge is 0.326 e. The van der Waals surface area contributed by atoms with E-state index in [0.29, 0.717) is 25.1 Å². The van der Waals surface area contributed by atoms with Gasteiger partial charge in [-0.1, -0.05) is 18.2 Å². The van der Waals surface area contributed by atoms with E-state index >= 15 is 0 Å². The minimum absolute atomic E-state index is 0.0393. The fraction of sp³-hybridized carbons (Fsp3) is 0.423. The molecule has 2 aromatic heterocycles. The molecule has 14 nitrogen and oxygen atoms in total. The number of carbonyl (C=O) groups is 4. The zero-order valence-corrected chi connectivity index (χ0v) is 21.9. The third-order valence-electron chi connectivity index (χ3n) is 6.44. The number of aliphatic carboxylic acids is 1. The van der Waals surface area contributed by atoms with Crippen molar-refractivity contribution in [2.75, 3.05) is 13.2 Å². The first-order valence-electron chi connectivity index (χ1n) is 13.0. The van der Waals surface area contributed by atoms with Crippen LogP contribution in [0.3, 0.4) is 0 Å². The number of amides is 3. The highest BCUT2D eigenvalue weighted by atomic mass is 16.4. The average Bonchev–Trinajstić information content (AvgIpc) is 3.61. The number of para-hydroxylation sites is 1. The lowest BCUT2D eigenvalue weighted by Gasteiger charge is -2.25. The first-order chi connectivity index (χ1) is 19.2. The van der Waals surface area contributed by atoms with Crippen molar-refractivity contribution >= 4 is 34.6 Å². The number of imidazole rings is 1. The molecular weight excluding hydrogens is 520 g/mol. The average molecular weight is 557 g/mol. The van der Waals surface area contributed by atoms with Crippen LogP contribution in [0.5, 0.6) is 0 Å². The van der Waals surface area contributed by atoms with Crippen LogP contribution in [0.4, 0.5) is 0 Å². The molecule has 4 atom stereocenters. The minimum Gasteiger partial charge on any atom is -0.480 e. The third-order valence-corrected chi connectivity index (χ3v) is 6.44. The number of hydrogen-bond donors (Lipinski definition) is 9. The molecule has 14 heteroatoms. The van der Waals surface area contributed by atoms with Crippen molar-refractivity contribution in [1.29, 1.82) is 0 Å². The van der Waals surface area contributed by atoms with Crippen molar-refractivity contribution in [2.45, 2.75) is 56.3 Å². The van der Waals surface area contributed by atoms with Gasteiger partial charge in [0.05, 0.1) is 12.9 Å². The van der Waals surface area contributed by atoms with Crippen molar-refractivity contribution in [3.63, 3.8) is 0 Å². The Morgan fingerprint density at radius 2 is 1.62 bits per heavy atom. The van der Waals surface area contributed by atoms with Crippen LogP contribution in [-0.4, -0.2) is 86.2 Å². The van der Waals surface area contributed by atoms with Crippen molar-refractivity contribution < 1.29 is 29.4 Å². The number of hydrogen-bond acceptors (Lipinski definition) is 8. The van der Waals surface area contributed by atoms with E-state index < -0.39 is 54.5 Å². The molecule has 3 aromatic rings. The molecule has 3 rings (SSSR count). The summed E-state index contributed by atoms with van der Waals surface area (Å²) in [5, 5.41) is 27.5. The van der Waals surface area contributed by atoms with Crippen LogP contribution < -0.4 is 27.4 Å². The molecule has 2 heterocycles. The van der Waals surface area contributed by atoms with Crippen LogP contribution in [0.25, 0.3) is 10.9 Å². The summed E-state index contributed by atoms with van der Waals surface area (Å²) in [7, 11) is 0. The molecule has 0 fully saturated rings. The minimum atomic E-state index is -1.29. The summed E-state index contributed by atoms with van der Waals surface area (Å²) in [4.78, 5) is 60.9. The van der Waals surface area contributed by atoms with Gasteiger partial charge >= 0.3 is 5.97 Å². The fourth-order valence-corrected chi connectivity index (χ4v) is 4.21. The van der Waals surface area contributed by atoms with Gasteiger partial charge in [-0.05, 0) is 37.4 Å². The van der Waals surface area contributed by atoms with Gasteiger partial charge in [0.15, 0.2) is 0 Å². The van der Waals surface area contributed by atoms with Crippen LogP contribution in [0.15, 0.2) is 43.0 Å². The summed E-state index contributed by atoms with van der Waals surface area (Å²) in [5.41, 5.74) is 13.2. The number of aliphatic hydroxyl groups excluding tert-OH is 1. The molecule has 0 radical (unpaired) electrons. The number of nitrogens with two attached hydrogens (primary N) is 2. The second-order valence-electron chi connectivity index (χ2n) is 9.44. The molecule has 1 aromatic carbocycles. The van der Waals surface area contributed by atoms with Crippen LogP contribution >= 0.6 is 0 Å². The van der Waals surface area contributed by atoms with Gasteiger partial charge in [-0.15, -0.1) is 0 Å². The third kappa shape index (κ3) is 8.36. The Morgan fingerprint density at radius 3 is 2.30 bits per heavy atom. The Balaban J connectivity index is 1.84. The topological polar surface area (TPSA) is 241 Å². The van der Waals surface area contributed by atoms with Gasteiger partial charge in [0.2, 0.25) is 17.7 Å². The van der Waals surface area contributed by atoms with Crippen LogP contribution in [0.1, 0.15) is 30.5 Å². The van der Waals surface area contributed by atoms with Crippen LogP contribution in [-0.2, 0) is 32.0 Å². The molecule has 0 spiro atoms. The maximum Gasteiger partial charge on any atom is 0.326 e. The van der Waals surface area contributed by atoms with Crippen molar-refractivity contribution in [3.05, 3.63) is 54.2 Å². The maximum absolute atomic E-state index is 13.5. The van der Waals surface area contributed by atoms with Crippen LogP contribution in [0, 0.1) is 0 Å². The number of carboxylic acids is 1. The van der Waals surface area contributed by atoms with E-state index in [4.69, 9.17) is 11.5 Å². The molecule has 0 bridgehead atoms. The summed E-state index contributed by atoms with van der Waals surface area (Å²) in [5.74, 6) is -3.36. The molecule has 11 N–H and O–H groups in total. The highest BCUT2D eigenvalue weighted by Gasteiger charge is 2.31. The standard InChI is InChI=1S/C26H36N8O6/c27-8-4-3-7-20(32-23(36)18(28)13-35)24(37)33-21(9-15-11-30-19-6-2-1-5-17(15)19)25(38)34-22(26(39)40)10-16-12-29-14-31-16/h1-2,5-6,11-12,14,18,20-22,30,35H,3-4,7-10,13,27-28H2,(H,29,31)(H,32,36)(H,33,37)(H,34,38)(H,39,40). The monoisotopic (exact) mass is 556 g/mol. The molecule has 216 valence electrons. The van der Waals surface area contributed by atoms with E-state index in [1.165, 1.54) is 12.5 Å². The number of fused-ring (bicyclic) bond motifs is 1. The quantitative estimate of drug-likeness (QED) is 0.0947. The van der Waals surface area contributed by atoms with Crippen molar-refractivity contribution in [2.24, 2.45) is 11.5 Å². The van der Waals surface area contributed by atoms with Gasteiger partial charge in [-0.3, -0.25) is 14.4 Å². The molecule has 4 unspecified atom stereocenters. The number of carbonyl (C=O) groups excluding carboxylic acids is 3. The number of benzene rings is 1. The van der Waals surface area contributed by atoms with Gasteiger partial charge in [0.25, 0.3) is 0 Å². The predicted molar refractivity (Wildman–Crippen MR) is 146 cm³/mol. The van der Waals surface area contributed by atoms with Gasteiger partial charge in [-0.25, -0.2) is 9.78 Å². The molecule has 0 saturated carbocycles. The lowest BCUT2D eigenvalue weighted by atomic mass is 10.0. The summed E-state index contributed by atoms with van der Waals surface area (Å²) in [6.45, 7) is -0.224. The molecule has 0 saturated heterocycles. The Hall–Kier alpha value is -4.27. The molecular formula is C26H36N8O6. The first-order valence-corrected chi connectivity index (χ1v) is 13.0. The van der Waals surface area contributed by atoms with Crippen molar-refractivity contribution in [1.82, 2.24) is 30.9 Å². The lowest BCUT2D eigenvalue weighted by Crippen LogP contribution is -2.58. The van der Waals surface area contributed by atoms with E-state index in [1.54, 1.807) is 6.20 Å². The van der Waals surface area contributed by atoms with Gasteiger partial charge < -0.3 is 47.6 Å². The van der Waals surface area contributed by atoms with Gasteiger partial charge in [-0.2, -0.15) is 0 Å². The zero-order chi connectivity index (χ0) is 29.1. The van der Waals surface area contributed by atoms with E-state index in [2.05, 4.69) is 30.9 Å². The molecule has 40 heavy (non-hydrogen) atoms. The number of carboxylic acid groups (broad SMARTS) is 1. The largest absolute Gasteiger partial charge is 0.480 e. The Kier molecular flexibility index (Phi) is 11.2. The Labute approximate surface area is 230 Å². The number of aliphatic hydroxyl groups is 1. The van der Waals surface area contributed by atoms with Gasteiger partial charge in [0.1, 0.15) is 24.2 Å². The van der Waals surface area contributed by atoms with E-state index in [0.717, 1.165) is 16.5 Å². The second kappa shape index (κ2) is 14.8. The Morgan fingerprint density at radius 1 is 0.925 bits per heavy atom. The number of aromatic amines is 2. The SMILES string of the molecule is NCCCCC(NC(=O)C(N)CO)C(=O)NC(Cc1c[nH]c2ccccc12)C(=O)NC(Cc1cnc[nH]1)C(=O)O. The second-order valence-corrected chi connectivity index (χ2v) is 9.44. The number of H-pyrrole nitrogens is 2. The number of rotatable bonds is 16. The highest BCUT2D eigenvalue weighted by Crippen LogP contribution is 2.19. The number of aromatic nitrogens is 3. The summed E-state index contributed by atoms with van der Waals surface area (Å²) < 4.78 is 0. The van der Waals surface area contributed by atoms with E-state index in [1.807, 2.05) is 24.3 Å². The Bertz CT molecular complexity index is 1280. The predicted octanol–water partition coefficient (Wildman–Crippen LogP) is -1.34. The summed E-state index contributed by atoms with van der Waals surface area (Å²) in [6.07, 6.45) is 5.88. The zero-order valence-electron chi connectivity index (χ0n) is 21.9. The highest BCUT2D eigenvalue weighted by molar-refractivity contribution is 5.95. The first kappa shape index (κ1) is 30.3. The number of nitrogens with one attached hydrogen (secondary N) is 5. The molecule has 3 amide bonds. The van der Waals surface area contributed by atoms with E-state index in [-0.39, 0.29) is 19.3 Å². The van der Waals surface area contributed by atoms with E-state index in [9.17, 15) is 29.4 Å². The number of unbranched alkanes of at least 4 members (excludes halogenated alkanes) is 1. The summed E-state index contributed by atoms with van der Waals surface area (Å²) in [6, 6.07) is 2.66. The fourth-order valence-electron chi connectivity index (χ4n) is 4.21. The summed E-state index contributed by atoms with van der Waals surface area (Å²) >= 11 is 0. The van der Waals surface area contributed by atoms with Crippen molar-refractivity contribution in [3.8, 4) is 0 Å². The normalized spacial score (nSPS) is 14.2. The lowest BCUT2D eigenvalue weighted by molar-refractivity contribution is -0.142. The molecule has 0 aliphatic heterocycles. The molecule has 0 aliphatic rings. The maximum atomic E-state index is 13.5. The van der Waals surface area contributed by atoms with Gasteiger partial charge in [0, 0.05) is 41.8 Å².